The summed E-state index contributed by atoms with van der Waals surface area (Å²) in [6.07, 6.45) is 1.83. The Morgan fingerprint density at radius 3 is 2.50 bits per heavy atom. The normalized spacial score (nSPS) is 15.0. The molecule has 1 aliphatic rings. The molecule has 0 saturated heterocycles. The van der Waals surface area contributed by atoms with Crippen LogP contribution in [0.15, 0.2) is 90.2 Å². The van der Waals surface area contributed by atoms with Crippen LogP contribution in [0.5, 0.6) is 5.75 Å². The summed E-state index contributed by atoms with van der Waals surface area (Å²) in [6.45, 7) is -0.456. The van der Waals surface area contributed by atoms with Crippen molar-refractivity contribution < 1.29 is 19.1 Å². The minimum Gasteiger partial charge on any atom is -0.497 e. The van der Waals surface area contributed by atoms with Crippen LogP contribution < -0.4 is 4.74 Å². The van der Waals surface area contributed by atoms with E-state index in [1.54, 1.807) is 7.11 Å². The topological polar surface area (TPSA) is 81.1 Å². The quantitative estimate of drug-likeness (QED) is 0.261. The van der Waals surface area contributed by atoms with Crippen molar-refractivity contribution in [3.8, 4) is 5.75 Å². The number of methoxy groups -OCH3 is 1. The van der Waals surface area contributed by atoms with Crippen molar-refractivity contribution in [3.63, 3.8) is 0 Å². The molecule has 36 heavy (non-hydrogen) atoms. The number of carbonyl (C=O) groups is 2. The number of aromatic nitrogens is 1. The van der Waals surface area contributed by atoms with Crippen molar-refractivity contribution in [1.29, 1.82) is 0 Å². The minimum absolute atomic E-state index is 0.209. The fourth-order valence-electron chi connectivity index (χ4n) is 4.14. The number of nitrogens with zero attached hydrogens (tertiary/aromatic N) is 3. The number of hydrogen-bond acceptors (Lipinski definition) is 6. The zero-order valence-corrected chi connectivity index (χ0v) is 20.2. The van der Waals surface area contributed by atoms with Crippen LogP contribution in [0.4, 0.5) is 0 Å². The molecule has 5 rings (SSSR count). The van der Waals surface area contributed by atoms with Gasteiger partial charge < -0.3 is 9.47 Å². The monoisotopic (exact) mass is 499 g/mol. The molecule has 4 aromatic rings. The zero-order valence-electron chi connectivity index (χ0n) is 19.4. The number of pyridine rings is 1. The number of rotatable bonds is 6. The Morgan fingerprint density at radius 1 is 1.00 bits per heavy atom. The van der Waals surface area contributed by atoms with Crippen LogP contribution in [-0.4, -0.2) is 41.3 Å². The molecule has 0 spiro atoms. The van der Waals surface area contributed by atoms with Crippen molar-refractivity contribution in [3.05, 3.63) is 107 Å². The highest BCUT2D eigenvalue weighted by Crippen LogP contribution is 2.34. The predicted molar refractivity (Wildman–Crippen MR) is 137 cm³/mol. The first-order chi connectivity index (χ1) is 17.5. The Labute approximate surface area is 212 Å². The lowest BCUT2D eigenvalue weighted by atomic mass is 9.97. The highest BCUT2D eigenvalue weighted by atomic mass is 35.5. The van der Waals surface area contributed by atoms with Gasteiger partial charge in [0, 0.05) is 12.6 Å². The van der Waals surface area contributed by atoms with Gasteiger partial charge in [0.15, 0.2) is 6.61 Å². The molecular formula is C28H22ClN3O4. The highest BCUT2D eigenvalue weighted by Gasteiger charge is 2.33. The first-order valence-electron chi connectivity index (χ1n) is 11.3. The average Bonchev–Trinajstić information content (AvgIpc) is 3.37. The smallest absolute Gasteiger partial charge is 0.340 e. The van der Waals surface area contributed by atoms with Crippen LogP contribution in [0.2, 0.25) is 5.15 Å². The number of esters is 1. The third kappa shape index (κ3) is 4.92. The van der Waals surface area contributed by atoms with E-state index in [4.69, 9.17) is 21.1 Å². The summed E-state index contributed by atoms with van der Waals surface area (Å²) in [6, 6.07) is 24.4. The molecule has 0 bridgehead atoms. The second-order valence-corrected chi connectivity index (χ2v) is 8.67. The van der Waals surface area contributed by atoms with Crippen LogP contribution in [0, 0.1) is 0 Å². The fraction of sp³-hybridized carbons (Fsp3) is 0.143. The molecule has 0 saturated carbocycles. The van der Waals surface area contributed by atoms with Crippen LogP contribution in [-0.2, 0) is 9.53 Å². The molecule has 180 valence electrons. The van der Waals surface area contributed by atoms with Gasteiger partial charge in [0.05, 0.1) is 24.4 Å². The van der Waals surface area contributed by atoms with Gasteiger partial charge in [0.25, 0.3) is 5.91 Å². The maximum absolute atomic E-state index is 13.2. The van der Waals surface area contributed by atoms with E-state index in [0.29, 0.717) is 6.42 Å². The van der Waals surface area contributed by atoms with Crippen molar-refractivity contribution >= 4 is 40.0 Å². The van der Waals surface area contributed by atoms with E-state index in [9.17, 15) is 9.59 Å². The van der Waals surface area contributed by atoms with Crippen molar-refractivity contribution in [1.82, 2.24) is 9.99 Å². The molecule has 1 aliphatic heterocycles. The first kappa shape index (κ1) is 23.5. The SMILES string of the molecule is COc1ccc(C2CC(c3ccc4ccccc4c3)=NN2C(=O)COC(=O)c2ccc(Cl)nc2)cc1. The molecule has 8 heteroatoms. The van der Waals surface area contributed by atoms with Crippen LogP contribution in [0.25, 0.3) is 10.8 Å². The standard InChI is InChI=1S/C28H22ClN3O4/c1-35-23-11-8-19(9-12-23)25-15-24(21-7-6-18-4-2-3-5-20(18)14-21)31-32(25)27(33)17-36-28(34)22-10-13-26(29)30-16-22/h2-14,16,25H,15,17H2,1H3. The van der Waals surface area contributed by atoms with E-state index in [2.05, 4.69) is 22.2 Å². The number of amides is 1. The van der Waals surface area contributed by atoms with Crippen molar-refractivity contribution in [2.24, 2.45) is 5.10 Å². The second kappa shape index (κ2) is 10.2. The van der Waals surface area contributed by atoms with Gasteiger partial charge >= 0.3 is 5.97 Å². The van der Waals surface area contributed by atoms with E-state index in [-0.39, 0.29) is 16.8 Å². The number of ether oxygens (including phenoxy) is 2. The van der Waals surface area contributed by atoms with Gasteiger partial charge in [-0.2, -0.15) is 5.10 Å². The molecule has 1 atom stereocenters. The predicted octanol–water partition coefficient (Wildman–Crippen LogP) is 5.43. The van der Waals surface area contributed by atoms with Gasteiger partial charge in [-0.1, -0.05) is 60.1 Å². The Balaban J connectivity index is 1.40. The Bertz CT molecular complexity index is 1450. The lowest BCUT2D eigenvalue weighted by Crippen LogP contribution is -2.31. The van der Waals surface area contributed by atoms with Crippen molar-refractivity contribution in [2.45, 2.75) is 12.5 Å². The number of halogens is 1. The molecular weight excluding hydrogens is 478 g/mol. The molecule has 0 radical (unpaired) electrons. The Kier molecular flexibility index (Phi) is 6.64. The first-order valence-corrected chi connectivity index (χ1v) is 11.7. The number of fused-ring (bicyclic) bond motifs is 1. The summed E-state index contributed by atoms with van der Waals surface area (Å²) in [5.74, 6) is -0.371. The summed E-state index contributed by atoms with van der Waals surface area (Å²) in [5.41, 5.74) is 2.83. The minimum atomic E-state index is -0.661. The van der Waals surface area contributed by atoms with Gasteiger partial charge in [-0.25, -0.2) is 14.8 Å². The second-order valence-electron chi connectivity index (χ2n) is 8.29. The molecule has 2 heterocycles. The molecule has 1 aromatic heterocycles. The van der Waals surface area contributed by atoms with Crippen LogP contribution in [0.3, 0.4) is 0 Å². The van der Waals surface area contributed by atoms with Crippen molar-refractivity contribution in [2.75, 3.05) is 13.7 Å². The summed E-state index contributed by atoms with van der Waals surface area (Å²) in [7, 11) is 1.60. The summed E-state index contributed by atoms with van der Waals surface area (Å²) < 4.78 is 10.5. The molecule has 3 aromatic carbocycles. The lowest BCUT2D eigenvalue weighted by Gasteiger charge is -2.22. The molecule has 7 nitrogen and oxygen atoms in total. The van der Waals surface area contributed by atoms with Gasteiger partial charge in [-0.15, -0.1) is 0 Å². The average molecular weight is 500 g/mol. The summed E-state index contributed by atoms with van der Waals surface area (Å²) in [5, 5.41) is 8.56. The van der Waals surface area contributed by atoms with Crippen LogP contribution >= 0.6 is 11.6 Å². The van der Waals surface area contributed by atoms with Gasteiger partial charge in [0.2, 0.25) is 0 Å². The number of hydrogen-bond donors (Lipinski definition) is 0. The maximum Gasteiger partial charge on any atom is 0.340 e. The summed E-state index contributed by atoms with van der Waals surface area (Å²) in [4.78, 5) is 29.5. The van der Waals surface area contributed by atoms with E-state index in [1.165, 1.54) is 23.3 Å². The number of benzene rings is 3. The van der Waals surface area contributed by atoms with Crippen LogP contribution in [0.1, 0.15) is 33.9 Å². The van der Waals surface area contributed by atoms with Gasteiger partial charge in [0.1, 0.15) is 10.9 Å². The highest BCUT2D eigenvalue weighted by molar-refractivity contribution is 6.29. The summed E-state index contributed by atoms with van der Waals surface area (Å²) >= 11 is 5.77. The van der Waals surface area contributed by atoms with E-state index in [1.807, 2.05) is 54.6 Å². The number of carbonyl (C=O) groups excluding carboxylic acids is 2. The maximum atomic E-state index is 13.2. The van der Waals surface area contributed by atoms with E-state index in [0.717, 1.165) is 33.4 Å². The molecule has 0 fully saturated rings. The molecule has 0 aliphatic carbocycles. The van der Waals surface area contributed by atoms with E-state index >= 15 is 0 Å². The molecule has 1 unspecified atom stereocenters. The zero-order chi connectivity index (χ0) is 25.1. The van der Waals surface area contributed by atoms with E-state index < -0.39 is 18.5 Å². The largest absolute Gasteiger partial charge is 0.497 e. The third-order valence-corrected chi connectivity index (χ3v) is 6.26. The lowest BCUT2D eigenvalue weighted by molar-refractivity contribution is -0.136. The van der Waals surface area contributed by atoms with Gasteiger partial charge in [-0.05, 0) is 52.2 Å². The number of hydrazone groups is 1. The fourth-order valence-corrected chi connectivity index (χ4v) is 4.25. The molecule has 1 amide bonds. The third-order valence-electron chi connectivity index (χ3n) is 6.04. The Morgan fingerprint density at radius 2 is 1.78 bits per heavy atom. The molecule has 0 N–H and O–H groups in total. The Hall–Kier alpha value is -4.23. The van der Waals surface area contributed by atoms with Gasteiger partial charge in [-0.3, -0.25) is 4.79 Å².